The van der Waals surface area contributed by atoms with Crippen molar-refractivity contribution in [1.29, 1.82) is 0 Å². The summed E-state index contributed by atoms with van der Waals surface area (Å²) in [6.45, 7) is 0.715. The van der Waals surface area contributed by atoms with Gasteiger partial charge in [0.2, 0.25) is 5.43 Å². The second kappa shape index (κ2) is 7.77. The first kappa shape index (κ1) is 21.8. The van der Waals surface area contributed by atoms with Gasteiger partial charge in [0.25, 0.3) is 5.91 Å². The fourth-order valence-electron chi connectivity index (χ4n) is 3.42. The molecule has 1 saturated heterocycles. The van der Waals surface area contributed by atoms with Crippen LogP contribution in [-0.4, -0.2) is 39.9 Å². The molecule has 162 valence electrons. The number of benzene rings is 1. The van der Waals surface area contributed by atoms with E-state index in [1.54, 1.807) is 0 Å². The Labute approximate surface area is 166 Å². The van der Waals surface area contributed by atoms with Crippen LogP contribution in [-0.2, 0) is 6.18 Å². The first-order valence-electron chi connectivity index (χ1n) is 9.03. The van der Waals surface area contributed by atoms with Crippen LogP contribution in [0.15, 0.2) is 35.1 Å². The van der Waals surface area contributed by atoms with Gasteiger partial charge in [-0.25, -0.2) is 4.68 Å². The van der Waals surface area contributed by atoms with E-state index < -0.39 is 53.1 Å². The van der Waals surface area contributed by atoms with E-state index in [1.807, 2.05) is 0 Å². The molecule has 1 aromatic carbocycles. The predicted octanol–water partition coefficient (Wildman–Crippen LogP) is 3.97. The van der Waals surface area contributed by atoms with Gasteiger partial charge < -0.3 is 4.90 Å². The molecule has 1 aliphatic heterocycles. The molecule has 0 spiro atoms. The number of rotatable bonds is 2. The Morgan fingerprint density at radius 3 is 2.43 bits per heavy atom. The molecular weight excluding hydrogens is 416 g/mol. The average Bonchev–Trinajstić information content (AvgIpc) is 2.66. The summed E-state index contributed by atoms with van der Waals surface area (Å²) in [5.41, 5.74) is -2.98. The highest BCUT2D eigenvalue weighted by Crippen LogP contribution is 2.34. The van der Waals surface area contributed by atoms with Gasteiger partial charge in [-0.15, -0.1) is 0 Å². The standard InChI is InChI=1S/C19H17F6N3O2/c1-11-9-15(29)16(17(30)27-8-4-5-12(10-27)18(20,21)22)26-28(11)14-7-3-2-6-13(14)19(23,24)25/h2-3,6-7,9,12H,4-5,8,10H2,1H3/t12-/m0/s1. The van der Waals surface area contributed by atoms with Gasteiger partial charge in [0, 0.05) is 24.8 Å². The van der Waals surface area contributed by atoms with E-state index in [0.717, 1.165) is 27.8 Å². The van der Waals surface area contributed by atoms with Crippen LogP contribution < -0.4 is 5.43 Å². The Morgan fingerprint density at radius 1 is 1.13 bits per heavy atom. The van der Waals surface area contributed by atoms with Gasteiger partial charge in [0.15, 0.2) is 5.69 Å². The van der Waals surface area contributed by atoms with E-state index in [0.29, 0.717) is 0 Å². The molecule has 1 aromatic heterocycles. The highest BCUT2D eigenvalue weighted by molar-refractivity contribution is 5.92. The first-order chi connectivity index (χ1) is 13.9. The maximum absolute atomic E-state index is 13.4. The molecule has 0 radical (unpaired) electrons. The van der Waals surface area contributed by atoms with Crippen LogP contribution in [0.25, 0.3) is 5.69 Å². The summed E-state index contributed by atoms with van der Waals surface area (Å²) in [4.78, 5) is 25.9. The minimum atomic E-state index is -4.72. The van der Waals surface area contributed by atoms with Gasteiger partial charge in [0.05, 0.1) is 17.2 Å². The fraction of sp³-hybridized carbons (Fsp3) is 0.421. The van der Waals surface area contributed by atoms with Crippen molar-refractivity contribution in [3.8, 4) is 5.69 Å². The van der Waals surface area contributed by atoms with Gasteiger partial charge in [-0.1, -0.05) is 12.1 Å². The molecule has 2 aromatic rings. The van der Waals surface area contributed by atoms with Crippen LogP contribution in [0.4, 0.5) is 26.3 Å². The minimum Gasteiger partial charge on any atom is -0.337 e. The molecule has 0 unspecified atom stereocenters. The van der Waals surface area contributed by atoms with Crippen LogP contribution in [0.5, 0.6) is 0 Å². The zero-order valence-electron chi connectivity index (χ0n) is 15.7. The van der Waals surface area contributed by atoms with Gasteiger partial charge in [0.1, 0.15) is 0 Å². The number of aromatic nitrogens is 2. The molecule has 5 nitrogen and oxygen atoms in total. The summed E-state index contributed by atoms with van der Waals surface area (Å²) >= 11 is 0. The van der Waals surface area contributed by atoms with E-state index in [-0.39, 0.29) is 25.1 Å². The van der Waals surface area contributed by atoms with Crippen LogP contribution >= 0.6 is 0 Å². The molecule has 1 atom stereocenters. The third kappa shape index (κ3) is 4.34. The third-order valence-electron chi connectivity index (χ3n) is 4.92. The topological polar surface area (TPSA) is 55.2 Å². The lowest BCUT2D eigenvalue weighted by Crippen LogP contribution is -2.46. The molecule has 0 aliphatic carbocycles. The SMILES string of the molecule is Cc1cc(=O)c(C(=O)N2CCC[C@H](C(F)(F)F)C2)nn1-c1ccccc1C(F)(F)F. The lowest BCUT2D eigenvalue weighted by Gasteiger charge is -2.33. The summed E-state index contributed by atoms with van der Waals surface area (Å²) < 4.78 is 80.0. The number of halogens is 6. The molecule has 1 fully saturated rings. The molecule has 11 heteroatoms. The number of carbonyl (C=O) groups excluding carboxylic acids is 1. The number of nitrogens with zero attached hydrogens (tertiary/aromatic N) is 3. The van der Waals surface area contributed by atoms with Gasteiger partial charge in [-0.2, -0.15) is 31.4 Å². The maximum Gasteiger partial charge on any atom is 0.418 e. The number of aryl methyl sites for hydroxylation is 1. The molecule has 0 saturated carbocycles. The van der Waals surface area contributed by atoms with Crippen LogP contribution in [0.1, 0.15) is 34.6 Å². The quantitative estimate of drug-likeness (QED) is 0.674. The number of para-hydroxylation sites is 1. The van der Waals surface area contributed by atoms with Crippen molar-refractivity contribution in [3.63, 3.8) is 0 Å². The predicted molar refractivity (Wildman–Crippen MR) is 94.3 cm³/mol. The Kier molecular flexibility index (Phi) is 5.66. The maximum atomic E-state index is 13.4. The summed E-state index contributed by atoms with van der Waals surface area (Å²) in [7, 11) is 0. The summed E-state index contributed by atoms with van der Waals surface area (Å²) in [6.07, 6.45) is -9.26. The second-order valence-corrected chi connectivity index (χ2v) is 7.06. The van der Waals surface area contributed by atoms with Crippen molar-refractivity contribution in [2.45, 2.75) is 32.1 Å². The average molecular weight is 433 g/mol. The molecule has 30 heavy (non-hydrogen) atoms. The molecule has 3 rings (SSSR count). The molecular formula is C19H17F6N3O2. The molecule has 2 heterocycles. The van der Waals surface area contributed by atoms with E-state index in [9.17, 15) is 35.9 Å². The Morgan fingerprint density at radius 2 is 1.80 bits per heavy atom. The number of piperidine rings is 1. The van der Waals surface area contributed by atoms with Crippen LogP contribution in [0.2, 0.25) is 0 Å². The zero-order valence-corrected chi connectivity index (χ0v) is 15.7. The fourth-order valence-corrected chi connectivity index (χ4v) is 3.42. The van der Waals surface area contributed by atoms with Gasteiger partial charge >= 0.3 is 12.4 Å². The second-order valence-electron chi connectivity index (χ2n) is 7.06. The number of carbonyl (C=O) groups is 1. The first-order valence-corrected chi connectivity index (χ1v) is 9.03. The Bertz CT molecular complexity index is 1010. The minimum absolute atomic E-state index is 0.000449. The summed E-state index contributed by atoms with van der Waals surface area (Å²) in [5.74, 6) is -2.76. The van der Waals surface area contributed by atoms with Crippen LogP contribution in [0, 0.1) is 12.8 Å². The molecule has 1 aliphatic rings. The highest BCUT2D eigenvalue weighted by Gasteiger charge is 2.43. The number of amides is 1. The summed E-state index contributed by atoms with van der Waals surface area (Å²) in [6, 6.07) is 5.42. The Balaban J connectivity index is 2.03. The molecule has 1 amide bonds. The van der Waals surface area contributed by atoms with E-state index in [4.69, 9.17) is 0 Å². The third-order valence-corrected chi connectivity index (χ3v) is 4.92. The van der Waals surface area contributed by atoms with Crippen molar-refractivity contribution in [2.24, 2.45) is 5.92 Å². The largest absolute Gasteiger partial charge is 0.418 e. The molecule has 0 N–H and O–H groups in total. The van der Waals surface area contributed by atoms with Gasteiger partial charge in [-0.3, -0.25) is 9.59 Å². The van der Waals surface area contributed by atoms with E-state index >= 15 is 0 Å². The van der Waals surface area contributed by atoms with Crippen molar-refractivity contribution in [3.05, 3.63) is 57.5 Å². The summed E-state index contributed by atoms with van der Waals surface area (Å²) in [5, 5.41) is 3.81. The van der Waals surface area contributed by atoms with Crippen molar-refractivity contribution < 1.29 is 31.1 Å². The normalized spacial score (nSPS) is 17.8. The van der Waals surface area contributed by atoms with Crippen molar-refractivity contribution in [2.75, 3.05) is 13.1 Å². The number of hydrogen-bond acceptors (Lipinski definition) is 3. The lowest BCUT2D eigenvalue weighted by atomic mass is 9.97. The zero-order chi connectivity index (χ0) is 22.3. The number of alkyl halides is 6. The molecule has 0 bridgehead atoms. The van der Waals surface area contributed by atoms with E-state index in [1.165, 1.54) is 19.1 Å². The smallest absolute Gasteiger partial charge is 0.337 e. The highest BCUT2D eigenvalue weighted by atomic mass is 19.4. The monoisotopic (exact) mass is 433 g/mol. The van der Waals surface area contributed by atoms with E-state index in [2.05, 4.69) is 5.10 Å². The van der Waals surface area contributed by atoms with Gasteiger partial charge in [-0.05, 0) is 31.9 Å². The lowest BCUT2D eigenvalue weighted by molar-refractivity contribution is -0.184. The number of likely N-dealkylation sites (tertiary alicyclic amines) is 1. The number of hydrogen-bond donors (Lipinski definition) is 0. The van der Waals surface area contributed by atoms with Crippen molar-refractivity contribution in [1.82, 2.24) is 14.7 Å². The van der Waals surface area contributed by atoms with Crippen molar-refractivity contribution >= 4 is 5.91 Å². The Hall–Kier alpha value is -2.85. The van der Waals surface area contributed by atoms with Crippen LogP contribution in [0.3, 0.4) is 0 Å².